The van der Waals surface area contributed by atoms with Crippen LogP contribution in [0.4, 0.5) is 0 Å². The minimum Gasteiger partial charge on any atom is -0.464 e. The average molecular weight is 194 g/mol. The Morgan fingerprint density at radius 3 is 2.50 bits per heavy atom. The van der Waals surface area contributed by atoms with Gasteiger partial charge in [0.05, 0.1) is 7.11 Å². The van der Waals surface area contributed by atoms with Crippen molar-refractivity contribution in [1.29, 1.82) is 0 Å². The summed E-state index contributed by atoms with van der Waals surface area (Å²) in [5.41, 5.74) is 4.26. The molecule has 0 fully saturated rings. The van der Waals surface area contributed by atoms with Gasteiger partial charge in [-0.15, -0.1) is 0 Å². The molecule has 0 aliphatic heterocycles. The van der Waals surface area contributed by atoms with Crippen LogP contribution < -0.4 is 5.73 Å². The molecule has 0 unspecified atom stereocenters. The lowest BCUT2D eigenvalue weighted by Crippen LogP contribution is -2.76. The average Bonchev–Trinajstić information content (AvgIpc) is 2.17. The van der Waals surface area contributed by atoms with Crippen LogP contribution in [0.2, 0.25) is 0 Å². The molecule has 3 heteroatoms. The maximum absolute atomic E-state index is 11.4. The Hall–Kier alpha value is -1.35. The highest BCUT2D eigenvalue weighted by Crippen LogP contribution is 2.09. The first-order valence-corrected chi connectivity index (χ1v) is 4.54. The third kappa shape index (κ3) is 2.57. The van der Waals surface area contributed by atoms with Gasteiger partial charge >= 0.3 is 5.97 Å². The van der Waals surface area contributed by atoms with Crippen molar-refractivity contribution < 1.29 is 15.3 Å². The second kappa shape index (κ2) is 4.24. The van der Waals surface area contributed by atoms with Gasteiger partial charge in [-0.3, -0.25) is 0 Å². The van der Waals surface area contributed by atoms with Gasteiger partial charge in [0.1, 0.15) is 0 Å². The summed E-state index contributed by atoms with van der Waals surface area (Å²) in [6.45, 7) is 1.78. The summed E-state index contributed by atoms with van der Waals surface area (Å²) in [7, 11) is 1.39. The zero-order valence-corrected chi connectivity index (χ0v) is 8.62. The van der Waals surface area contributed by atoms with E-state index in [1.54, 1.807) is 6.92 Å². The highest BCUT2D eigenvalue weighted by atomic mass is 16.5. The molecule has 1 rings (SSSR count). The zero-order chi connectivity index (χ0) is 10.6. The van der Waals surface area contributed by atoms with Gasteiger partial charge in [0.2, 0.25) is 0 Å². The highest BCUT2D eigenvalue weighted by molar-refractivity contribution is 5.78. The van der Waals surface area contributed by atoms with Gasteiger partial charge in [0.15, 0.2) is 5.54 Å². The molecule has 0 saturated carbocycles. The molecule has 0 amide bonds. The fraction of sp³-hybridized carbons (Fsp3) is 0.364. The van der Waals surface area contributed by atoms with Crippen molar-refractivity contribution in [3.05, 3.63) is 35.9 Å². The van der Waals surface area contributed by atoms with E-state index >= 15 is 0 Å². The van der Waals surface area contributed by atoms with Gasteiger partial charge in [-0.05, 0) is 5.56 Å². The van der Waals surface area contributed by atoms with E-state index in [0.717, 1.165) is 5.56 Å². The predicted molar refractivity (Wildman–Crippen MR) is 53.5 cm³/mol. The Bertz CT molecular complexity index is 306. The topological polar surface area (TPSA) is 53.9 Å². The van der Waals surface area contributed by atoms with E-state index in [1.165, 1.54) is 7.11 Å². The van der Waals surface area contributed by atoms with Crippen LogP contribution in [0.1, 0.15) is 12.5 Å². The zero-order valence-electron chi connectivity index (χ0n) is 8.62. The first-order valence-electron chi connectivity index (χ1n) is 4.54. The van der Waals surface area contributed by atoms with Gasteiger partial charge in [0.25, 0.3) is 0 Å². The predicted octanol–water partition coefficient (Wildman–Crippen LogP) is 0.403. The summed E-state index contributed by atoms with van der Waals surface area (Å²) in [4.78, 5) is 11.4. The van der Waals surface area contributed by atoms with Crippen molar-refractivity contribution in [2.45, 2.75) is 18.9 Å². The Morgan fingerprint density at radius 1 is 1.43 bits per heavy atom. The molecule has 3 nitrogen and oxygen atoms in total. The van der Waals surface area contributed by atoms with Gasteiger partial charge in [-0.2, -0.15) is 0 Å². The number of benzene rings is 1. The quantitative estimate of drug-likeness (QED) is 0.708. The lowest BCUT2D eigenvalue weighted by molar-refractivity contribution is -0.456. The largest absolute Gasteiger partial charge is 0.464 e. The van der Waals surface area contributed by atoms with E-state index in [0.29, 0.717) is 6.42 Å². The minimum absolute atomic E-state index is 0.277. The number of carbonyl (C=O) groups is 1. The van der Waals surface area contributed by atoms with Crippen LogP contribution in [-0.2, 0) is 16.0 Å². The molecule has 0 heterocycles. The minimum atomic E-state index is -0.698. The van der Waals surface area contributed by atoms with Gasteiger partial charge in [-0.25, -0.2) is 4.79 Å². The van der Waals surface area contributed by atoms with Crippen molar-refractivity contribution in [2.24, 2.45) is 0 Å². The molecule has 14 heavy (non-hydrogen) atoms. The molecule has 0 aromatic heterocycles. The molecule has 1 aromatic rings. The molecule has 0 aliphatic carbocycles. The number of hydrogen-bond donors (Lipinski definition) is 1. The smallest absolute Gasteiger partial charge is 0.367 e. The van der Waals surface area contributed by atoms with Gasteiger partial charge in [-0.1, -0.05) is 30.3 Å². The SMILES string of the molecule is COC(=O)[C@@](C)([NH3+])Cc1ccccc1. The Labute approximate surface area is 83.9 Å². The molecule has 0 bridgehead atoms. The van der Waals surface area contributed by atoms with Crippen molar-refractivity contribution in [2.75, 3.05) is 7.11 Å². The number of methoxy groups -OCH3 is 1. The molecule has 3 N–H and O–H groups in total. The van der Waals surface area contributed by atoms with Gasteiger partial charge in [0, 0.05) is 13.3 Å². The number of rotatable bonds is 3. The molecule has 0 aliphatic rings. The normalized spacial score (nSPS) is 14.5. The molecule has 76 valence electrons. The summed E-state index contributed by atoms with van der Waals surface area (Å²) < 4.78 is 4.69. The number of esters is 1. The van der Waals surface area contributed by atoms with Crippen molar-refractivity contribution >= 4 is 5.97 Å². The van der Waals surface area contributed by atoms with E-state index in [1.807, 2.05) is 30.3 Å². The maximum Gasteiger partial charge on any atom is 0.367 e. The number of ether oxygens (including phenoxy) is 1. The fourth-order valence-electron chi connectivity index (χ4n) is 1.36. The molecule has 1 aromatic carbocycles. The first kappa shape index (κ1) is 10.7. The van der Waals surface area contributed by atoms with Crippen LogP contribution in [0, 0.1) is 0 Å². The van der Waals surface area contributed by atoms with E-state index in [2.05, 4.69) is 10.5 Å². The van der Waals surface area contributed by atoms with E-state index < -0.39 is 5.54 Å². The third-order valence-electron chi connectivity index (χ3n) is 2.12. The molecular formula is C11H16NO2+. The van der Waals surface area contributed by atoms with Crippen molar-refractivity contribution in [1.82, 2.24) is 0 Å². The number of hydrogen-bond acceptors (Lipinski definition) is 2. The monoisotopic (exact) mass is 194 g/mol. The van der Waals surface area contributed by atoms with Crippen LogP contribution in [-0.4, -0.2) is 18.6 Å². The van der Waals surface area contributed by atoms with Crippen LogP contribution >= 0.6 is 0 Å². The van der Waals surface area contributed by atoms with E-state index in [9.17, 15) is 4.79 Å². The summed E-state index contributed by atoms with van der Waals surface area (Å²) in [6, 6.07) is 9.80. The van der Waals surface area contributed by atoms with Crippen molar-refractivity contribution in [3.63, 3.8) is 0 Å². The molecule has 0 spiro atoms. The third-order valence-corrected chi connectivity index (χ3v) is 2.12. The summed E-state index contributed by atoms with van der Waals surface area (Å²) in [5.74, 6) is -0.277. The Morgan fingerprint density at radius 2 is 2.00 bits per heavy atom. The summed E-state index contributed by atoms with van der Waals surface area (Å²) in [6.07, 6.45) is 0.598. The second-order valence-corrected chi connectivity index (χ2v) is 3.71. The summed E-state index contributed by atoms with van der Waals surface area (Å²) in [5, 5.41) is 0. The van der Waals surface area contributed by atoms with Gasteiger partial charge < -0.3 is 10.5 Å². The molecule has 0 radical (unpaired) electrons. The van der Waals surface area contributed by atoms with Crippen LogP contribution in [0.15, 0.2) is 30.3 Å². The Balaban J connectivity index is 2.73. The number of carbonyl (C=O) groups excluding carboxylic acids is 1. The lowest BCUT2D eigenvalue weighted by Gasteiger charge is -2.17. The van der Waals surface area contributed by atoms with E-state index in [4.69, 9.17) is 0 Å². The highest BCUT2D eigenvalue weighted by Gasteiger charge is 2.33. The Kier molecular flexibility index (Phi) is 3.25. The number of quaternary nitrogens is 1. The van der Waals surface area contributed by atoms with Crippen molar-refractivity contribution in [3.8, 4) is 0 Å². The van der Waals surface area contributed by atoms with Crippen LogP contribution in [0.5, 0.6) is 0 Å². The molecule has 1 atom stereocenters. The maximum atomic E-state index is 11.4. The van der Waals surface area contributed by atoms with Crippen LogP contribution in [0.3, 0.4) is 0 Å². The second-order valence-electron chi connectivity index (χ2n) is 3.71. The lowest BCUT2D eigenvalue weighted by atomic mass is 9.94. The summed E-state index contributed by atoms with van der Waals surface area (Å²) >= 11 is 0. The van der Waals surface area contributed by atoms with E-state index in [-0.39, 0.29) is 5.97 Å². The fourth-order valence-corrected chi connectivity index (χ4v) is 1.36. The van der Waals surface area contributed by atoms with Crippen LogP contribution in [0.25, 0.3) is 0 Å². The standard InChI is InChI=1S/C11H15NO2/c1-11(12,10(13)14-2)8-9-6-4-3-5-7-9/h3-7H,8,12H2,1-2H3/p+1/t11-/m0/s1. The molecular weight excluding hydrogens is 178 g/mol. The first-order chi connectivity index (χ1) is 6.56. The molecule has 0 saturated heterocycles.